The van der Waals surface area contributed by atoms with Crippen LogP contribution in [0.1, 0.15) is 0 Å². The Morgan fingerprint density at radius 3 is 2.83 bits per heavy atom. The number of oxime groups is 1. The molecule has 0 N–H and O–H groups in total. The highest BCUT2D eigenvalue weighted by Crippen LogP contribution is 1.62. The molecule has 0 aliphatic carbocycles. The van der Waals surface area contributed by atoms with Crippen LogP contribution >= 0.6 is 0 Å². The zero-order valence-corrected chi connectivity index (χ0v) is 3.26. The SMILES string of the molecule is C=NOCC=O. The van der Waals surface area contributed by atoms with Crippen molar-refractivity contribution in [1.82, 2.24) is 0 Å². The molecule has 0 bridgehead atoms. The molecule has 0 amide bonds. The van der Waals surface area contributed by atoms with Crippen LogP contribution in [0.5, 0.6) is 0 Å². The van der Waals surface area contributed by atoms with Crippen LogP contribution in [-0.2, 0) is 9.63 Å². The summed E-state index contributed by atoms with van der Waals surface area (Å²) < 4.78 is 0. The molecule has 0 aliphatic rings. The van der Waals surface area contributed by atoms with E-state index in [1.54, 1.807) is 0 Å². The van der Waals surface area contributed by atoms with Crippen LogP contribution < -0.4 is 0 Å². The molecule has 34 valence electrons. The average Bonchev–Trinajstić information content (AvgIpc) is 1.61. The van der Waals surface area contributed by atoms with Gasteiger partial charge in [-0.15, -0.1) is 5.16 Å². The third kappa shape index (κ3) is 3.14. The Balaban J connectivity index is 2.66. The van der Waals surface area contributed by atoms with Crippen LogP contribution in [0, 0.1) is 0 Å². The van der Waals surface area contributed by atoms with Gasteiger partial charge in [0.2, 0.25) is 0 Å². The maximum Gasteiger partial charge on any atom is 0.172 e. The minimum absolute atomic E-state index is 0.00347. The Labute approximate surface area is 35.6 Å². The molecule has 0 aromatic rings. The lowest BCUT2D eigenvalue weighted by molar-refractivity contribution is -0.111. The van der Waals surface area contributed by atoms with E-state index in [0.29, 0.717) is 6.29 Å². The zero-order chi connectivity index (χ0) is 4.83. The number of hydrogen-bond donors (Lipinski definition) is 0. The first-order chi connectivity index (χ1) is 2.91. The fraction of sp³-hybridized carbons (Fsp3) is 0.333. The summed E-state index contributed by atoms with van der Waals surface area (Å²) in [5.41, 5.74) is 0. The largest absolute Gasteiger partial charge is 0.389 e. The molecule has 0 aliphatic heterocycles. The van der Waals surface area contributed by atoms with E-state index in [1.165, 1.54) is 0 Å². The van der Waals surface area contributed by atoms with Crippen LogP contribution in [0.3, 0.4) is 0 Å². The number of nitrogens with zero attached hydrogens (tertiary/aromatic N) is 1. The van der Waals surface area contributed by atoms with Crippen LogP contribution in [0.15, 0.2) is 5.16 Å². The first-order valence-corrected chi connectivity index (χ1v) is 1.43. The fourth-order valence-corrected chi connectivity index (χ4v) is 0.0831. The van der Waals surface area contributed by atoms with E-state index in [4.69, 9.17) is 0 Å². The molecular weight excluding hydrogens is 82.0 g/mol. The molecule has 0 saturated carbocycles. The smallest absolute Gasteiger partial charge is 0.172 e. The molecule has 0 unspecified atom stereocenters. The normalized spacial score (nSPS) is 6.67. The highest BCUT2D eigenvalue weighted by molar-refractivity contribution is 5.50. The van der Waals surface area contributed by atoms with E-state index in [-0.39, 0.29) is 6.61 Å². The quantitative estimate of drug-likeness (QED) is 0.207. The highest BCUT2D eigenvalue weighted by Gasteiger charge is 1.68. The van der Waals surface area contributed by atoms with E-state index in [9.17, 15) is 4.79 Å². The molecule has 3 heteroatoms. The second kappa shape index (κ2) is 4.14. The molecule has 3 nitrogen and oxygen atoms in total. The van der Waals surface area contributed by atoms with Gasteiger partial charge in [-0.2, -0.15) is 0 Å². The number of carbonyl (C=O) groups is 1. The van der Waals surface area contributed by atoms with Gasteiger partial charge in [-0.1, -0.05) is 0 Å². The van der Waals surface area contributed by atoms with Crippen molar-refractivity contribution < 1.29 is 9.63 Å². The van der Waals surface area contributed by atoms with Crippen LogP contribution in [0.2, 0.25) is 0 Å². The van der Waals surface area contributed by atoms with E-state index < -0.39 is 0 Å². The van der Waals surface area contributed by atoms with Crippen molar-refractivity contribution in [2.24, 2.45) is 5.16 Å². The summed E-state index contributed by atoms with van der Waals surface area (Å²) in [6, 6.07) is 0. The molecular formula is C3H5NO2. The molecule has 0 spiro atoms. The Hall–Kier alpha value is -0.860. The van der Waals surface area contributed by atoms with Crippen LogP contribution in [0.25, 0.3) is 0 Å². The maximum absolute atomic E-state index is 9.35. The van der Waals surface area contributed by atoms with E-state index >= 15 is 0 Å². The van der Waals surface area contributed by atoms with Crippen molar-refractivity contribution in [2.75, 3.05) is 6.61 Å². The van der Waals surface area contributed by atoms with Crippen LogP contribution in [-0.4, -0.2) is 19.6 Å². The molecule has 0 saturated heterocycles. The Bertz CT molecular complexity index is 44.8. The summed E-state index contributed by atoms with van der Waals surface area (Å²) in [4.78, 5) is 13.5. The topological polar surface area (TPSA) is 38.7 Å². The summed E-state index contributed by atoms with van der Waals surface area (Å²) in [7, 11) is 0. The number of aldehydes is 1. The lowest BCUT2D eigenvalue weighted by Gasteiger charge is -1.81. The third-order valence-corrected chi connectivity index (χ3v) is 0.234. The molecule has 0 aromatic heterocycles. The van der Waals surface area contributed by atoms with Gasteiger partial charge in [0.25, 0.3) is 0 Å². The van der Waals surface area contributed by atoms with Gasteiger partial charge in [0.1, 0.15) is 0 Å². The van der Waals surface area contributed by atoms with Gasteiger partial charge < -0.3 is 4.84 Å². The summed E-state index contributed by atoms with van der Waals surface area (Å²) in [5.74, 6) is 0. The molecule has 0 fully saturated rings. The van der Waals surface area contributed by atoms with Crippen molar-refractivity contribution in [3.8, 4) is 0 Å². The minimum atomic E-state index is 0.00347. The van der Waals surface area contributed by atoms with E-state index in [2.05, 4.69) is 16.7 Å². The van der Waals surface area contributed by atoms with Gasteiger partial charge >= 0.3 is 0 Å². The maximum atomic E-state index is 9.35. The molecule has 0 radical (unpaired) electrons. The second-order valence-electron chi connectivity index (χ2n) is 0.592. The summed E-state index contributed by atoms with van der Waals surface area (Å²) in [5, 5.41) is 2.94. The van der Waals surface area contributed by atoms with Gasteiger partial charge in [0, 0.05) is 6.72 Å². The highest BCUT2D eigenvalue weighted by atomic mass is 16.6. The van der Waals surface area contributed by atoms with Crippen molar-refractivity contribution >= 4 is 13.0 Å². The van der Waals surface area contributed by atoms with Crippen molar-refractivity contribution in [2.45, 2.75) is 0 Å². The first-order valence-electron chi connectivity index (χ1n) is 1.43. The van der Waals surface area contributed by atoms with Crippen molar-refractivity contribution in [1.29, 1.82) is 0 Å². The Kier molecular flexibility index (Phi) is 3.55. The second-order valence-corrected chi connectivity index (χ2v) is 0.592. The molecule has 0 aromatic carbocycles. The fourth-order valence-electron chi connectivity index (χ4n) is 0.0831. The lowest BCUT2D eigenvalue weighted by atomic mass is 10.9. The van der Waals surface area contributed by atoms with Crippen LogP contribution in [0.4, 0.5) is 0 Å². The van der Waals surface area contributed by atoms with Crippen molar-refractivity contribution in [3.05, 3.63) is 0 Å². The monoisotopic (exact) mass is 87.0 g/mol. The molecule has 6 heavy (non-hydrogen) atoms. The van der Waals surface area contributed by atoms with Gasteiger partial charge in [0.15, 0.2) is 12.9 Å². The predicted octanol–water partition coefficient (Wildman–Crippen LogP) is -0.182. The van der Waals surface area contributed by atoms with E-state index in [0.717, 1.165) is 0 Å². The molecule has 0 rings (SSSR count). The Morgan fingerprint density at radius 2 is 2.67 bits per heavy atom. The van der Waals surface area contributed by atoms with Gasteiger partial charge in [-0.25, -0.2) is 0 Å². The average molecular weight is 87.1 g/mol. The summed E-state index contributed by atoms with van der Waals surface area (Å²) >= 11 is 0. The van der Waals surface area contributed by atoms with Gasteiger partial charge in [0.05, 0.1) is 0 Å². The summed E-state index contributed by atoms with van der Waals surface area (Å²) in [6.07, 6.45) is 0.606. The van der Waals surface area contributed by atoms with Gasteiger partial charge in [-0.05, 0) is 0 Å². The standard InChI is InChI=1S/C3H5NO2/c1-4-6-3-2-5/h2H,1,3H2. The molecule has 0 heterocycles. The van der Waals surface area contributed by atoms with Gasteiger partial charge in [-0.3, -0.25) is 4.79 Å². The lowest BCUT2D eigenvalue weighted by Crippen LogP contribution is -1.84. The predicted molar refractivity (Wildman–Crippen MR) is 21.6 cm³/mol. The zero-order valence-electron chi connectivity index (χ0n) is 3.26. The van der Waals surface area contributed by atoms with Crippen molar-refractivity contribution in [3.63, 3.8) is 0 Å². The Morgan fingerprint density at radius 1 is 2.00 bits per heavy atom. The number of hydrogen-bond acceptors (Lipinski definition) is 3. The number of rotatable bonds is 3. The minimum Gasteiger partial charge on any atom is -0.389 e. The molecule has 0 atom stereocenters. The number of carbonyl (C=O) groups excluding carboxylic acids is 1. The summed E-state index contributed by atoms with van der Waals surface area (Å²) in [6.45, 7) is 2.97. The first kappa shape index (κ1) is 5.14. The third-order valence-electron chi connectivity index (χ3n) is 0.234. The van der Waals surface area contributed by atoms with E-state index in [1.807, 2.05) is 0 Å².